The van der Waals surface area contributed by atoms with E-state index in [0.29, 0.717) is 19.6 Å². The van der Waals surface area contributed by atoms with Crippen LogP contribution in [-0.2, 0) is 18.3 Å². The number of carbonyl (C=O) groups is 1. The van der Waals surface area contributed by atoms with Gasteiger partial charge < -0.3 is 20.3 Å². The molecule has 2 rings (SSSR count). The van der Waals surface area contributed by atoms with Gasteiger partial charge in [-0.1, -0.05) is 0 Å². The van der Waals surface area contributed by atoms with Gasteiger partial charge in [-0.2, -0.15) is 5.10 Å². The highest BCUT2D eigenvalue weighted by Gasteiger charge is 2.25. The lowest BCUT2D eigenvalue weighted by molar-refractivity contribution is 0.0147. The van der Waals surface area contributed by atoms with Crippen LogP contribution in [0.15, 0.2) is 11.3 Å². The van der Waals surface area contributed by atoms with Crippen LogP contribution in [0.4, 0.5) is 4.79 Å². The molecular formula is C17H33IN8O2. The van der Waals surface area contributed by atoms with Crippen molar-refractivity contribution < 1.29 is 9.53 Å². The lowest BCUT2D eigenvalue weighted by atomic mass is 10.2. The molecule has 0 saturated carbocycles. The molecule has 160 valence electrons. The van der Waals surface area contributed by atoms with Gasteiger partial charge in [-0.05, 0) is 20.8 Å². The first-order valence-electron chi connectivity index (χ1n) is 9.26. The fourth-order valence-electron chi connectivity index (χ4n) is 2.68. The van der Waals surface area contributed by atoms with E-state index < -0.39 is 5.60 Å². The molecule has 1 aromatic heterocycles. The van der Waals surface area contributed by atoms with Crippen molar-refractivity contribution in [3.8, 4) is 0 Å². The minimum atomic E-state index is -0.452. The van der Waals surface area contributed by atoms with Gasteiger partial charge in [-0.25, -0.2) is 9.78 Å². The number of hydrogen-bond donors (Lipinski definition) is 2. The van der Waals surface area contributed by atoms with Crippen molar-refractivity contribution in [1.29, 1.82) is 0 Å². The highest BCUT2D eigenvalue weighted by molar-refractivity contribution is 14.0. The molecule has 10 nitrogen and oxygen atoms in total. The summed E-state index contributed by atoms with van der Waals surface area (Å²) in [6.07, 6.45) is 1.30. The Morgan fingerprint density at radius 1 is 1.25 bits per heavy atom. The molecule has 1 fully saturated rings. The third-order valence-electron chi connectivity index (χ3n) is 4.19. The summed E-state index contributed by atoms with van der Waals surface area (Å²) < 4.78 is 7.15. The summed E-state index contributed by atoms with van der Waals surface area (Å²) in [7, 11) is 3.60. The molecule has 0 unspecified atom stereocenters. The van der Waals surface area contributed by atoms with Crippen molar-refractivity contribution >= 4 is 36.0 Å². The summed E-state index contributed by atoms with van der Waals surface area (Å²) in [5, 5.41) is 10.6. The quantitative estimate of drug-likeness (QED) is 0.342. The Morgan fingerprint density at radius 2 is 1.93 bits per heavy atom. The summed E-state index contributed by atoms with van der Waals surface area (Å²) in [6, 6.07) is 0. The van der Waals surface area contributed by atoms with E-state index in [9.17, 15) is 4.79 Å². The number of guanidine groups is 1. The van der Waals surface area contributed by atoms with E-state index in [4.69, 9.17) is 4.74 Å². The monoisotopic (exact) mass is 508 g/mol. The number of rotatable bonds is 5. The summed E-state index contributed by atoms with van der Waals surface area (Å²) in [6.45, 7) is 10.9. The molecule has 2 heterocycles. The second-order valence-electron chi connectivity index (χ2n) is 7.46. The minimum absolute atomic E-state index is 0. The number of amides is 1. The van der Waals surface area contributed by atoms with Crippen LogP contribution >= 0.6 is 24.0 Å². The Labute approximate surface area is 184 Å². The van der Waals surface area contributed by atoms with E-state index in [1.807, 2.05) is 27.8 Å². The van der Waals surface area contributed by atoms with Gasteiger partial charge in [0, 0.05) is 53.4 Å². The van der Waals surface area contributed by atoms with Crippen LogP contribution in [0, 0.1) is 0 Å². The normalized spacial score (nSPS) is 15.8. The van der Waals surface area contributed by atoms with Crippen molar-refractivity contribution in [3.63, 3.8) is 0 Å². The predicted octanol–water partition coefficient (Wildman–Crippen LogP) is 0.651. The number of nitrogens with one attached hydrogen (secondary N) is 2. The molecule has 0 spiro atoms. The van der Waals surface area contributed by atoms with Crippen LogP contribution in [0.1, 0.15) is 26.6 Å². The molecule has 1 aliphatic rings. The number of aryl methyl sites for hydroxylation is 1. The molecule has 0 aliphatic carbocycles. The number of ether oxygens (including phenoxy) is 1. The van der Waals surface area contributed by atoms with Crippen LogP contribution < -0.4 is 10.6 Å². The van der Waals surface area contributed by atoms with Gasteiger partial charge in [0.1, 0.15) is 17.8 Å². The third-order valence-corrected chi connectivity index (χ3v) is 4.19. The predicted molar refractivity (Wildman–Crippen MR) is 119 cm³/mol. The average Bonchev–Trinajstić information content (AvgIpc) is 3.02. The Bertz CT molecular complexity index is 635. The molecule has 0 aromatic carbocycles. The maximum absolute atomic E-state index is 12.1. The summed E-state index contributed by atoms with van der Waals surface area (Å²) >= 11 is 0. The van der Waals surface area contributed by atoms with Crippen molar-refractivity contribution in [2.24, 2.45) is 12.0 Å². The van der Waals surface area contributed by atoms with Gasteiger partial charge >= 0.3 is 6.09 Å². The van der Waals surface area contributed by atoms with Gasteiger partial charge in [-0.15, -0.1) is 24.0 Å². The molecule has 11 heteroatoms. The topological polar surface area (TPSA) is 99.9 Å². The van der Waals surface area contributed by atoms with Crippen molar-refractivity contribution in [1.82, 2.24) is 35.2 Å². The number of nitrogens with zero attached hydrogens (tertiary/aromatic N) is 6. The molecule has 1 amide bonds. The van der Waals surface area contributed by atoms with Gasteiger partial charge in [0.2, 0.25) is 0 Å². The Hall–Kier alpha value is -1.63. The van der Waals surface area contributed by atoms with E-state index in [-0.39, 0.29) is 30.1 Å². The number of halogens is 1. The molecule has 1 saturated heterocycles. The van der Waals surface area contributed by atoms with Crippen LogP contribution in [0.3, 0.4) is 0 Å². The second-order valence-corrected chi connectivity index (χ2v) is 7.46. The number of aromatic nitrogens is 3. The molecule has 0 bridgehead atoms. The standard InChI is InChI=1S/C17H32N8O2.HI/c1-17(2,3)27-16(26)25-10-8-24(9-11-25)7-6-19-15(18-4)20-12-14-21-13-22-23(14)5;/h13H,6-12H2,1-5H3,(H2,18,19,20);1H. The molecule has 1 aliphatic heterocycles. The highest BCUT2D eigenvalue weighted by atomic mass is 127. The molecule has 1 aromatic rings. The van der Waals surface area contributed by atoms with E-state index >= 15 is 0 Å². The first-order valence-corrected chi connectivity index (χ1v) is 9.26. The van der Waals surface area contributed by atoms with E-state index in [0.717, 1.165) is 38.0 Å². The summed E-state index contributed by atoms with van der Waals surface area (Å²) in [4.78, 5) is 24.6. The average molecular weight is 508 g/mol. The zero-order valence-corrected chi connectivity index (χ0v) is 19.8. The second kappa shape index (κ2) is 11.4. The smallest absolute Gasteiger partial charge is 0.410 e. The largest absolute Gasteiger partial charge is 0.444 e. The first kappa shape index (κ1) is 24.4. The lowest BCUT2D eigenvalue weighted by Gasteiger charge is -2.35. The maximum Gasteiger partial charge on any atom is 0.410 e. The summed E-state index contributed by atoms with van der Waals surface area (Å²) in [5.74, 6) is 1.57. The lowest BCUT2D eigenvalue weighted by Crippen LogP contribution is -2.51. The molecule has 0 radical (unpaired) electrons. The zero-order valence-electron chi connectivity index (χ0n) is 17.4. The zero-order chi connectivity index (χ0) is 19.9. The Kier molecular flexibility index (Phi) is 9.93. The number of hydrogen-bond acceptors (Lipinski definition) is 6. The first-order chi connectivity index (χ1) is 12.8. The van der Waals surface area contributed by atoms with Gasteiger partial charge in [0.05, 0.1) is 6.54 Å². The van der Waals surface area contributed by atoms with Gasteiger partial charge in [0.25, 0.3) is 0 Å². The van der Waals surface area contributed by atoms with Crippen LogP contribution in [0.2, 0.25) is 0 Å². The van der Waals surface area contributed by atoms with Crippen LogP contribution in [0.5, 0.6) is 0 Å². The van der Waals surface area contributed by atoms with Crippen molar-refractivity contribution in [2.45, 2.75) is 32.9 Å². The Balaban J connectivity index is 0.00000392. The van der Waals surface area contributed by atoms with Gasteiger partial charge in [-0.3, -0.25) is 14.6 Å². The summed E-state index contributed by atoms with van der Waals surface area (Å²) in [5.41, 5.74) is -0.452. The fourth-order valence-corrected chi connectivity index (χ4v) is 2.68. The van der Waals surface area contributed by atoms with E-state index in [1.54, 1.807) is 16.6 Å². The molecule has 0 atom stereocenters. The van der Waals surface area contributed by atoms with E-state index in [1.165, 1.54) is 6.33 Å². The molecular weight excluding hydrogens is 475 g/mol. The third kappa shape index (κ3) is 8.17. The Morgan fingerprint density at radius 3 is 2.46 bits per heavy atom. The number of piperazine rings is 1. The number of aliphatic imine (C=N–C) groups is 1. The van der Waals surface area contributed by atoms with Crippen molar-refractivity contribution in [3.05, 3.63) is 12.2 Å². The highest BCUT2D eigenvalue weighted by Crippen LogP contribution is 2.11. The van der Waals surface area contributed by atoms with Crippen LogP contribution in [0.25, 0.3) is 0 Å². The fraction of sp³-hybridized carbons (Fsp3) is 0.765. The minimum Gasteiger partial charge on any atom is -0.444 e. The SMILES string of the molecule is CN=C(NCCN1CCN(C(=O)OC(C)(C)C)CC1)NCc1ncnn1C.I. The van der Waals surface area contributed by atoms with E-state index in [2.05, 4.69) is 30.6 Å². The molecule has 2 N–H and O–H groups in total. The van der Waals surface area contributed by atoms with Gasteiger partial charge in [0.15, 0.2) is 5.96 Å². The molecule has 28 heavy (non-hydrogen) atoms. The van der Waals surface area contributed by atoms with Crippen LogP contribution in [-0.4, -0.2) is 88.5 Å². The van der Waals surface area contributed by atoms with Crippen molar-refractivity contribution in [2.75, 3.05) is 46.3 Å². The number of carbonyl (C=O) groups excluding carboxylic acids is 1. The maximum atomic E-state index is 12.1.